The molecule has 1 aromatic rings. The number of hydrogen-bond donors (Lipinski definition) is 0. The molecule has 144 valence electrons. The molecule has 0 aliphatic rings. The van der Waals surface area contributed by atoms with Crippen LogP contribution >= 0.6 is 0 Å². The molecule has 1 rings (SSSR count). The first-order chi connectivity index (χ1) is 11.8. The summed E-state index contributed by atoms with van der Waals surface area (Å²) in [6.45, 7) is 22.6. The fourth-order valence-corrected chi connectivity index (χ4v) is 2.82. The van der Waals surface area contributed by atoms with E-state index >= 15 is 0 Å². The van der Waals surface area contributed by atoms with Gasteiger partial charge in [0.15, 0.2) is 0 Å². The molecule has 0 amide bonds. The topological polar surface area (TPSA) is 12.4 Å². The lowest BCUT2D eigenvalue weighted by molar-refractivity contribution is 0.550. The van der Waals surface area contributed by atoms with E-state index in [-0.39, 0.29) is 16.2 Å². The quantitative estimate of drug-likeness (QED) is 0.386. The fraction of sp³-hybridized carbons (Fsp3) is 0.560. The molecule has 0 N–H and O–H groups in total. The van der Waals surface area contributed by atoms with Gasteiger partial charge in [0.05, 0.1) is 5.69 Å². The maximum atomic E-state index is 4.96. The van der Waals surface area contributed by atoms with Crippen molar-refractivity contribution in [3.8, 4) is 0 Å². The lowest BCUT2D eigenvalue weighted by atomic mass is 9.74. The molecular formula is C25H39N. The maximum absolute atomic E-state index is 4.96. The van der Waals surface area contributed by atoms with Crippen molar-refractivity contribution in [2.75, 3.05) is 0 Å². The zero-order valence-electron chi connectivity index (χ0n) is 18.7. The van der Waals surface area contributed by atoms with E-state index in [9.17, 15) is 0 Å². The van der Waals surface area contributed by atoms with Gasteiger partial charge in [-0.15, -0.1) is 0 Å². The van der Waals surface area contributed by atoms with Crippen LogP contribution in [0.1, 0.15) is 92.3 Å². The lowest BCUT2D eigenvalue weighted by Crippen LogP contribution is -2.21. The highest BCUT2D eigenvalue weighted by Gasteiger charge is 2.28. The Hall–Kier alpha value is -1.63. The van der Waals surface area contributed by atoms with Gasteiger partial charge in [0, 0.05) is 12.6 Å². The molecule has 0 saturated carbocycles. The van der Waals surface area contributed by atoms with Crippen molar-refractivity contribution < 1.29 is 0 Å². The third-order valence-corrected chi connectivity index (χ3v) is 4.49. The molecule has 0 aliphatic heterocycles. The third-order valence-electron chi connectivity index (χ3n) is 4.49. The van der Waals surface area contributed by atoms with Gasteiger partial charge in [-0.05, 0) is 39.9 Å². The molecule has 0 radical (unpaired) electrons. The zero-order chi connectivity index (χ0) is 20.2. The van der Waals surface area contributed by atoms with E-state index in [2.05, 4.69) is 86.6 Å². The van der Waals surface area contributed by atoms with Gasteiger partial charge in [0.25, 0.3) is 0 Å². The summed E-state index contributed by atoms with van der Waals surface area (Å²) in [6, 6.07) is 4.75. The van der Waals surface area contributed by atoms with E-state index in [1.807, 2.05) is 25.3 Å². The van der Waals surface area contributed by atoms with Crippen molar-refractivity contribution in [1.29, 1.82) is 0 Å². The highest BCUT2D eigenvalue weighted by molar-refractivity contribution is 5.70. The average Bonchev–Trinajstić information content (AvgIpc) is 2.47. The Bertz CT molecular complexity index is 645. The second-order valence-electron chi connectivity index (χ2n) is 10.2. The van der Waals surface area contributed by atoms with Crippen LogP contribution in [-0.4, -0.2) is 6.21 Å². The van der Waals surface area contributed by atoms with Crippen LogP contribution in [0.15, 0.2) is 41.4 Å². The molecule has 0 aromatic heterocycles. The molecular weight excluding hydrogens is 314 g/mol. The number of hydrogen-bond acceptors (Lipinski definition) is 1. The lowest BCUT2D eigenvalue weighted by Gasteiger charge is -2.32. The van der Waals surface area contributed by atoms with Gasteiger partial charge in [-0.3, -0.25) is 4.99 Å². The highest BCUT2D eigenvalue weighted by Crippen LogP contribution is 2.42. The van der Waals surface area contributed by atoms with Crippen LogP contribution in [0.5, 0.6) is 0 Å². The van der Waals surface area contributed by atoms with E-state index in [1.165, 1.54) is 16.7 Å². The minimum absolute atomic E-state index is 0.0503. The minimum Gasteiger partial charge on any atom is -0.260 e. The number of benzene rings is 1. The predicted octanol–water partition coefficient (Wildman–Crippen LogP) is 7.80. The van der Waals surface area contributed by atoms with Crippen LogP contribution in [0.2, 0.25) is 0 Å². The second kappa shape index (κ2) is 8.37. The molecule has 0 unspecified atom stereocenters. The molecule has 0 heterocycles. The van der Waals surface area contributed by atoms with Gasteiger partial charge in [0.1, 0.15) is 0 Å². The first-order valence-electron chi connectivity index (χ1n) is 9.78. The van der Waals surface area contributed by atoms with E-state index in [1.54, 1.807) is 0 Å². The Morgan fingerprint density at radius 3 is 1.65 bits per heavy atom. The van der Waals surface area contributed by atoms with Crippen LogP contribution in [0.25, 0.3) is 0 Å². The largest absolute Gasteiger partial charge is 0.260 e. The fourth-order valence-electron chi connectivity index (χ4n) is 2.82. The smallest absolute Gasteiger partial charge is 0.0700 e. The molecule has 0 aliphatic carbocycles. The Kier molecular flexibility index (Phi) is 7.22. The maximum Gasteiger partial charge on any atom is 0.0700 e. The van der Waals surface area contributed by atoms with Crippen molar-refractivity contribution in [1.82, 2.24) is 0 Å². The summed E-state index contributed by atoms with van der Waals surface area (Å²) in [5.41, 5.74) is 5.43. The summed E-state index contributed by atoms with van der Waals surface area (Å²) < 4.78 is 0. The van der Waals surface area contributed by atoms with Gasteiger partial charge >= 0.3 is 0 Å². The SMILES string of the molecule is C/C=C\C=C/CC=Nc1c(C(C)(C)C)cc(C(C)(C)C)cc1C(C)(C)C. The van der Waals surface area contributed by atoms with Gasteiger partial charge in [-0.1, -0.05) is 98.8 Å². The monoisotopic (exact) mass is 353 g/mol. The summed E-state index contributed by atoms with van der Waals surface area (Å²) in [7, 11) is 0. The Morgan fingerprint density at radius 1 is 0.769 bits per heavy atom. The summed E-state index contributed by atoms with van der Waals surface area (Å²) in [5.74, 6) is 0. The standard InChI is InChI=1S/C25H39N/c1-11-12-13-14-15-16-26-22-20(24(5,6)7)17-19(23(2,3)4)18-21(22)25(8,9)10/h11-14,16-18H,15H2,1-10H3/b12-11-,14-13-,26-16?. The first-order valence-corrected chi connectivity index (χ1v) is 9.78. The van der Waals surface area contributed by atoms with Crippen molar-refractivity contribution in [2.24, 2.45) is 4.99 Å². The molecule has 0 bridgehead atoms. The predicted molar refractivity (Wildman–Crippen MR) is 119 cm³/mol. The molecule has 0 atom stereocenters. The van der Waals surface area contributed by atoms with Gasteiger partial charge < -0.3 is 0 Å². The van der Waals surface area contributed by atoms with Crippen LogP contribution in [0.4, 0.5) is 5.69 Å². The number of allylic oxidation sites excluding steroid dienone is 4. The van der Waals surface area contributed by atoms with Crippen molar-refractivity contribution >= 4 is 11.9 Å². The van der Waals surface area contributed by atoms with Gasteiger partial charge in [-0.2, -0.15) is 0 Å². The summed E-state index contributed by atoms with van der Waals surface area (Å²) in [5, 5.41) is 0. The molecule has 1 heteroatoms. The highest BCUT2D eigenvalue weighted by atomic mass is 14.7. The minimum atomic E-state index is 0.0503. The van der Waals surface area contributed by atoms with Crippen molar-refractivity contribution in [2.45, 2.75) is 91.9 Å². The van der Waals surface area contributed by atoms with Crippen LogP contribution in [0.3, 0.4) is 0 Å². The van der Waals surface area contributed by atoms with Crippen molar-refractivity contribution in [3.05, 3.63) is 53.1 Å². The summed E-state index contributed by atoms with van der Waals surface area (Å²) >= 11 is 0. The molecule has 1 nitrogen and oxygen atoms in total. The Balaban J connectivity index is 3.56. The van der Waals surface area contributed by atoms with Gasteiger partial charge in [-0.25, -0.2) is 0 Å². The number of aliphatic imine (C=N–C) groups is 1. The zero-order valence-corrected chi connectivity index (χ0v) is 18.7. The van der Waals surface area contributed by atoms with E-state index in [0.717, 1.165) is 12.1 Å². The van der Waals surface area contributed by atoms with E-state index in [4.69, 9.17) is 4.99 Å². The van der Waals surface area contributed by atoms with E-state index in [0.29, 0.717) is 0 Å². The van der Waals surface area contributed by atoms with Crippen LogP contribution in [0, 0.1) is 0 Å². The Labute approximate surface area is 162 Å². The normalized spacial score (nSPS) is 14.2. The number of rotatable bonds is 4. The second-order valence-corrected chi connectivity index (χ2v) is 10.2. The molecule has 0 spiro atoms. The van der Waals surface area contributed by atoms with Crippen LogP contribution < -0.4 is 0 Å². The first kappa shape index (κ1) is 22.4. The van der Waals surface area contributed by atoms with Crippen molar-refractivity contribution in [3.63, 3.8) is 0 Å². The van der Waals surface area contributed by atoms with Crippen LogP contribution in [-0.2, 0) is 16.2 Å². The van der Waals surface area contributed by atoms with E-state index < -0.39 is 0 Å². The number of nitrogens with zero attached hydrogens (tertiary/aromatic N) is 1. The van der Waals surface area contributed by atoms with Gasteiger partial charge in [0.2, 0.25) is 0 Å². The molecule has 1 aromatic carbocycles. The summed E-state index contributed by atoms with van der Waals surface area (Å²) in [6.07, 6.45) is 11.2. The molecule has 0 fully saturated rings. The molecule has 26 heavy (non-hydrogen) atoms. The summed E-state index contributed by atoms with van der Waals surface area (Å²) in [4.78, 5) is 4.96. The Morgan fingerprint density at radius 2 is 1.27 bits per heavy atom. The third kappa shape index (κ3) is 6.27. The molecule has 0 saturated heterocycles. The average molecular weight is 354 g/mol.